The molecule has 46 heavy (non-hydrogen) atoms. The van der Waals surface area contributed by atoms with Crippen molar-refractivity contribution < 1.29 is 32.4 Å². The second kappa shape index (κ2) is 15.1. The molecule has 1 saturated carbocycles. The average molecular weight is 653 g/mol. The number of nitro groups is 1. The van der Waals surface area contributed by atoms with Crippen molar-refractivity contribution in [1.82, 2.24) is 10.2 Å². The second-order valence-electron chi connectivity index (χ2n) is 11.3. The maximum absolute atomic E-state index is 14.2. The molecule has 0 heterocycles. The minimum absolute atomic E-state index is 0.00939. The van der Waals surface area contributed by atoms with Crippen LogP contribution < -0.4 is 19.1 Å². The Balaban J connectivity index is 1.72. The number of benzene rings is 3. The molecule has 0 aromatic heterocycles. The van der Waals surface area contributed by atoms with Crippen LogP contribution in [0.4, 0.5) is 11.4 Å². The molecule has 1 aliphatic carbocycles. The maximum atomic E-state index is 14.2. The van der Waals surface area contributed by atoms with Gasteiger partial charge in [0.1, 0.15) is 24.1 Å². The van der Waals surface area contributed by atoms with E-state index in [0.717, 1.165) is 42.5 Å². The van der Waals surface area contributed by atoms with Crippen molar-refractivity contribution >= 4 is 33.2 Å². The smallest absolute Gasteiger partial charge is 0.273 e. The van der Waals surface area contributed by atoms with Gasteiger partial charge in [0.15, 0.2) is 0 Å². The molecule has 1 N–H and O–H groups in total. The highest BCUT2D eigenvalue weighted by Gasteiger charge is 2.34. The van der Waals surface area contributed by atoms with Crippen molar-refractivity contribution in [2.45, 2.75) is 69.5 Å². The Morgan fingerprint density at radius 3 is 2.11 bits per heavy atom. The van der Waals surface area contributed by atoms with Crippen molar-refractivity contribution in [1.29, 1.82) is 0 Å². The molecule has 1 atom stereocenters. The average Bonchev–Trinajstić information content (AvgIpc) is 3.06. The minimum atomic E-state index is -4.50. The summed E-state index contributed by atoms with van der Waals surface area (Å²) in [5.74, 6) is 0.117. The van der Waals surface area contributed by atoms with Gasteiger partial charge in [-0.3, -0.25) is 24.0 Å². The zero-order valence-electron chi connectivity index (χ0n) is 26.5. The van der Waals surface area contributed by atoms with E-state index in [1.807, 2.05) is 0 Å². The molecule has 3 aromatic carbocycles. The third kappa shape index (κ3) is 8.13. The first-order chi connectivity index (χ1) is 21.9. The fourth-order valence-electron chi connectivity index (χ4n) is 5.43. The van der Waals surface area contributed by atoms with Crippen molar-refractivity contribution in [3.05, 3.63) is 88.0 Å². The number of amides is 2. The van der Waals surface area contributed by atoms with Crippen LogP contribution in [0.3, 0.4) is 0 Å². The van der Waals surface area contributed by atoms with Gasteiger partial charge in [-0.15, -0.1) is 0 Å². The number of sulfonamides is 1. The van der Waals surface area contributed by atoms with Gasteiger partial charge in [-0.25, -0.2) is 8.42 Å². The Bertz CT molecular complexity index is 1640. The fourth-order valence-corrected chi connectivity index (χ4v) is 6.86. The molecule has 0 spiro atoms. The lowest BCUT2D eigenvalue weighted by atomic mass is 9.95. The minimum Gasteiger partial charge on any atom is -0.497 e. The predicted molar refractivity (Wildman–Crippen MR) is 173 cm³/mol. The number of hydrogen-bond acceptors (Lipinski definition) is 8. The molecule has 1 aliphatic rings. The first-order valence-electron chi connectivity index (χ1n) is 15.1. The number of nitrogens with one attached hydrogen (secondary N) is 1. The van der Waals surface area contributed by atoms with Crippen LogP contribution in [0.25, 0.3) is 0 Å². The number of hydrogen-bond donors (Lipinski definition) is 1. The van der Waals surface area contributed by atoms with E-state index < -0.39 is 33.4 Å². The summed E-state index contributed by atoms with van der Waals surface area (Å²) in [5.41, 5.74) is 0.774. The fraction of sp³-hybridized carbons (Fsp3) is 0.394. The quantitative estimate of drug-likeness (QED) is 0.201. The normalized spacial score (nSPS) is 14.2. The van der Waals surface area contributed by atoms with E-state index in [1.54, 1.807) is 50.4 Å². The highest BCUT2D eigenvalue weighted by atomic mass is 32.2. The van der Waals surface area contributed by atoms with Crippen LogP contribution in [0.5, 0.6) is 11.5 Å². The van der Waals surface area contributed by atoms with Crippen molar-refractivity contribution in [3.8, 4) is 11.5 Å². The lowest BCUT2D eigenvalue weighted by Crippen LogP contribution is -2.53. The number of aryl methyl sites for hydroxylation is 1. The Kier molecular flexibility index (Phi) is 11.2. The number of nitro benzene ring substituents is 1. The number of carbonyl (C=O) groups excluding carboxylic acids is 2. The third-order valence-corrected chi connectivity index (χ3v) is 10.0. The summed E-state index contributed by atoms with van der Waals surface area (Å²) in [4.78, 5) is 39.7. The molecule has 12 nitrogen and oxygen atoms in total. The molecule has 2 amide bonds. The molecule has 3 aromatic rings. The van der Waals surface area contributed by atoms with E-state index in [1.165, 1.54) is 43.2 Å². The first kappa shape index (κ1) is 34.2. The molecule has 246 valence electrons. The van der Waals surface area contributed by atoms with Crippen molar-refractivity contribution in [3.63, 3.8) is 0 Å². The van der Waals surface area contributed by atoms with Gasteiger partial charge in [0.2, 0.25) is 11.8 Å². The van der Waals surface area contributed by atoms with Crippen LogP contribution in [0.15, 0.2) is 71.6 Å². The SMILES string of the molecule is COc1ccc(CN(C(=O)CN(c2ccc(OC)cc2)S(=O)(=O)c2ccc(C)c([N+](=O)[O-])c2)[C@H](C)C(=O)NC2CCCCC2)cc1. The van der Waals surface area contributed by atoms with E-state index in [4.69, 9.17) is 9.47 Å². The second-order valence-corrected chi connectivity index (χ2v) is 13.2. The summed E-state index contributed by atoms with van der Waals surface area (Å²) < 4.78 is 39.6. The van der Waals surface area contributed by atoms with Crippen LogP contribution >= 0.6 is 0 Å². The van der Waals surface area contributed by atoms with Gasteiger partial charge < -0.3 is 19.7 Å². The van der Waals surface area contributed by atoms with Gasteiger partial charge in [-0.2, -0.15) is 0 Å². The van der Waals surface area contributed by atoms with Gasteiger partial charge in [0, 0.05) is 24.2 Å². The Morgan fingerprint density at radius 2 is 1.54 bits per heavy atom. The van der Waals surface area contributed by atoms with Crippen LogP contribution in [-0.2, 0) is 26.2 Å². The summed E-state index contributed by atoms with van der Waals surface area (Å²) >= 11 is 0. The lowest BCUT2D eigenvalue weighted by Gasteiger charge is -2.33. The lowest BCUT2D eigenvalue weighted by molar-refractivity contribution is -0.385. The van der Waals surface area contributed by atoms with E-state index in [9.17, 15) is 28.1 Å². The zero-order chi connectivity index (χ0) is 33.4. The molecule has 13 heteroatoms. The molecule has 0 bridgehead atoms. The number of nitrogens with zero attached hydrogens (tertiary/aromatic N) is 3. The van der Waals surface area contributed by atoms with Gasteiger partial charge in [-0.05, 0) is 74.7 Å². The zero-order valence-corrected chi connectivity index (χ0v) is 27.3. The number of anilines is 1. The molecule has 0 saturated heterocycles. The number of methoxy groups -OCH3 is 2. The molecular formula is C33H40N4O8S. The topological polar surface area (TPSA) is 148 Å². The van der Waals surface area contributed by atoms with Gasteiger partial charge >= 0.3 is 0 Å². The largest absolute Gasteiger partial charge is 0.497 e. The van der Waals surface area contributed by atoms with Crippen LogP contribution in [0.2, 0.25) is 0 Å². The van der Waals surface area contributed by atoms with Gasteiger partial charge in [-0.1, -0.05) is 37.5 Å². The summed E-state index contributed by atoms with van der Waals surface area (Å²) in [5, 5.41) is 14.7. The highest BCUT2D eigenvalue weighted by Crippen LogP contribution is 2.30. The van der Waals surface area contributed by atoms with E-state index in [-0.39, 0.29) is 34.8 Å². The van der Waals surface area contributed by atoms with E-state index >= 15 is 0 Å². The van der Waals surface area contributed by atoms with Crippen LogP contribution in [-0.4, -0.2) is 62.9 Å². The molecule has 1 fully saturated rings. The standard InChI is InChI=1S/C33H40N4O8S/c1-23-10-19-30(20-31(23)37(40)41)46(42,43)36(27-13-17-29(45-4)18-14-27)22-32(38)35(21-25-11-15-28(44-3)16-12-25)24(2)33(39)34-26-8-6-5-7-9-26/h10-20,24,26H,5-9,21-22H2,1-4H3,(H,34,39)/t24-/m1/s1. The summed E-state index contributed by atoms with van der Waals surface area (Å²) in [6.45, 7) is 2.48. The number of carbonyl (C=O) groups is 2. The van der Waals surface area contributed by atoms with Crippen molar-refractivity contribution in [2.75, 3.05) is 25.1 Å². The van der Waals surface area contributed by atoms with Crippen LogP contribution in [0.1, 0.15) is 50.2 Å². The van der Waals surface area contributed by atoms with Crippen LogP contribution in [0, 0.1) is 17.0 Å². The monoisotopic (exact) mass is 652 g/mol. The Hall–Kier alpha value is -4.65. The Morgan fingerprint density at radius 1 is 0.957 bits per heavy atom. The summed E-state index contributed by atoms with van der Waals surface area (Å²) in [6.07, 6.45) is 4.86. The molecule has 0 radical (unpaired) electrons. The number of rotatable bonds is 13. The van der Waals surface area contributed by atoms with E-state index in [0.29, 0.717) is 22.6 Å². The summed E-state index contributed by atoms with van der Waals surface area (Å²) in [7, 11) is -1.49. The van der Waals surface area contributed by atoms with E-state index in [2.05, 4.69) is 5.32 Å². The number of ether oxygens (including phenoxy) is 2. The first-order valence-corrected chi connectivity index (χ1v) is 16.5. The predicted octanol–water partition coefficient (Wildman–Crippen LogP) is 4.98. The molecule has 4 rings (SSSR count). The Labute approximate surface area is 269 Å². The van der Waals surface area contributed by atoms with Gasteiger partial charge in [0.05, 0.1) is 29.7 Å². The summed E-state index contributed by atoms with van der Waals surface area (Å²) in [6, 6.07) is 15.8. The highest BCUT2D eigenvalue weighted by molar-refractivity contribution is 7.92. The maximum Gasteiger partial charge on any atom is 0.273 e. The molecule has 0 unspecified atom stereocenters. The van der Waals surface area contributed by atoms with Crippen molar-refractivity contribution in [2.24, 2.45) is 0 Å². The molecule has 0 aliphatic heterocycles. The van der Waals surface area contributed by atoms with Gasteiger partial charge in [0.25, 0.3) is 15.7 Å². The molecular weight excluding hydrogens is 612 g/mol. The third-order valence-electron chi connectivity index (χ3n) is 8.24.